The number of hydrazone groups is 1. The van der Waals surface area contributed by atoms with Gasteiger partial charge < -0.3 is 5.73 Å². The van der Waals surface area contributed by atoms with Crippen molar-refractivity contribution in [2.45, 2.75) is 6.42 Å². The summed E-state index contributed by atoms with van der Waals surface area (Å²) in [4.78, 5) is 0. The van der Waals surface area contributed by atoms with Crippen molar-refractivity contribution in [1.82, 2.24) is 0 Å². The standard InChI is InChI=1S/C16H13N5/c17-9-15(16(18)19)21-20-12-5-6-14-11(8-12)7-10-3-1-2-4-13(10)14/h1-6,8,20H,7H2,(H3,18,19)/b21-15+. The highest BCUT2D eigenvalue weighted by molar-refractivity contribution is 6.45. The monoisotopic (exact) mass is 275 g/mol. The molecular weight excluding hydrogens is 262 g/mol. The van der Waals surface area contributed by atoms with Gasteiger partial charge in [0.2, 0.25) is 5.71 Å². The minimum Gasteiger partial charge on any atom is -0.382 e. The number of nitrogens with zero attached hydrogens (tertiary/aromatic N) is 2. The van der Waals surface area contributed by atoms with Gasteiger partial charge in [0.25, 0.3) is 0 Å². The smallest absolute Gasteiger partial charge is 0.201 e. The first-order valence-corrected chi connectivity index (χ1v) is 6.48. The Bertz CT molecular complexity index is 799. The van der Waals surface area contributed by atoms with Crippen molar-refractivity contribution in [2.24, 2.45) is 10.8 Å². The molecule has 102 valence electrons. The fraction of sp³-hybridized carbons (Fsp3) is 0.0625. The summed E-state index contributed by atoms with van der Waals surface area (Å²) in [6.45, 7) is 0. The molecule has 0 radical (unpaired) electrons. The van der Waals surface area contributed by atoms with Crippen molar-refractivity contribution in [1.29, 1.82) is 10.7 Å². The zero-order valence-corrected chi connectivity index (χ0v) is 11.2. The number of nitrogens with one attached hydrogen (secondary N) is 2. The predicted octanol–water partition coefficient (Wildman–Crippen LogP) is 2.49. The molecule has 21 heavy (non-hydrogen) atoms. The second-order valence-corrected chi connectivity index (χ2v) is 4.80. The van der Waals surface area contributed by atoms with Crippen LogP contribution in [-0.2, 0) is 6.42 Å². The molecule has 3 rings (SSSR count). The second kappa shape index (κ2) is 5.10. The van der Waals surface area contributed by atoms with E-state index >= 15 is 0 Å². The number of hydrogen-bond donors (Lipinski definition) is 3. The highest BCUT2D eigenvalue weighted by Crippen LogP contribution is 2.37. The van der Waals surface area contributed by atoms with Gasteiger partial charge in [-0.3, -0.25) is 10.8 Å². The van der Waals surface area contributed by atoms with Crippen LogP contribution in [0.1, 0.15) is 11.1 Å². The van der Waals surface area contributed by atoms with Crippen LogP contribution < -0.4 is 11.2 Å². The topological polar surface area (TPSA) is 98.0 Å². The second-order valence-electron chi connectivity index (χ2n) is 4.80. The summed E-state index contributed by atoms with van der Waals surface area (Å²) in [6, 6.07) is 16.1. The number of nitriles is 1. The lowest BCUT2D eigenvalue weighted by Crippen LogP contribution is -2.21. The highest BCUT2D eigenvalue weighted by Gasteiger charge is 2.17. The molecule has 0 spiro atoms. The summed E-state index contributed by atoms with van der Waals surface area (Å²) >= 11 is 0. The summed E-state index contributed by atoms with van der Waals surface area (Å²) in [5, 5.41) is 19.9. The van der Waals surface area contributed by atoms with Crippen LogP contribution in [0.2, 0.25) is 0 Å². The van der Waals surface area contributed by atoms with Crippen molar-refractivity contribution >= 4 is 17.2 Å². The molecule has 1 aliphatic carbocycles. The number of hydrogen-bond acceptors (Lipinski definition) is 4. The fourth-order valence-corrected chi connectivity index (χ4v) is 2.48. The number of nitrogens with two attached hydrogens (primary N) is 1. The van der Waals surface area contributed by atoms with Crippen LogP contribution in [0.25, 0.3) is 11.1 Å². The molecule has 0 amide bonds. The molecule has 5 heteroatoms. The van der Waals surface area contributed by atoms with Gasteiger partial charge in [-0.25, -0.2) is 0 Å². The molecule has 0 heterocycles. The maximum absolute atomic E-state index is 8.81. The summed E-state index contributed by atoms with van der Waals surface area (Å²) in [6.07, 6.45) is 0.891. The molecule has 0 saturated heterocycles. The van der Waals surface area contributed by atoms with E-state index in [4.69, 9.17) is 16.4 Å². The first-order chi connectivity index (χ1) is 10.2. The van der Waals surface area contributed by atoms with E-state index in [1.807, 2.05) is 30.3 Å². The normalized spacial score (nSPS) is 12.2. The van der Waals surface area contributed by atoms with Gasteiger partial charge in [0.05, 0.1) is 5.69 Å². The summed E-state index contributed by atoms with van der Waals surface area (Å²) < 4.78 is 0. The van der Waals surface area contributed by atoms with Crippen LogP contribution in [0.5, 0.6) is 0 Å². The Labute approximate surface area is 122 Å². The van der Waals surface area contributed by atoms with E-state index in [1.54, 1.807) is 6.07 Å². The van der Waals surface area contributed by atoms with Gasteiger partial charge in [-0.15, -0.1) is 0 Å². The van der Waals surface area contributed by atoms with E-state index in [0.717, 1.165) is 12.1 Å². The Morgan fingerprint density at radius 3 is 2.71 bits per heavy atom. The van der Waals surface area contributed by atoms with Crippen LogP contribution in [0.15, 0.2) is 47.6 Å². The minimum absolute atomic E-state index is 0.126. The van der Waals surface area contributed by atoms with E-state index in [9.17, 15) is 0 Å². The maximum atomic E-state index is 8.81. The van der Waals surface area contributed by atoms with Crippen molar-refractivity contribution in [3.8, 4) is 17.2 Å². The molecule has 0 saturated carbocycles. The number of benzene rings is 2. The van der Waals surface area contributed by atoms with Gasteiger partial charge in [0.15, 0.2) is 5.84 Å². The third kappa shape index (κ3) is 2.35. The van der Waals surface area contributed by atoms with E-state index in [-0.39, 0.29) is 11.5 Å². The van der Waals surface area contributed by atoms with E-state index in [2.05, 4.69) is 22.7 Å². The van der Waals surface area contributed by atoms with E-state index < -0.39 is 0 Å². The SMILES string of the molecule is N#C/C(=N\Nc1ccc2c(c1)Cc1ccccc1-2)C(=N)N. The number of anilines is 1. The van der Waals surface area contributed by atoms with Gasteiger partial charge in [-0.05, 0) is 40.8 Å². The zero-order valence-electron chi connectivity index (χ0n) is 11.2. The Morgan fingerprint density at radius 1 is 1.19 bits per heavy atom. The van der Waals surface area contributed by atoms with Crippen molar-refractivity contribution in [2.75, 3.05) is 5.43 Å². The van der Waals surface area contributed by atoms with Crippen molar-refractivity contribution in [3.05, 3.63) is 53.6 Å². The van der Waals surface area contributed by atoms with E-state index in [1.165, 1.54) is 22.3 Å². The van der Waals surface area contributed by atoms with Gasteiger partial charge >= 0.3 is 0 Å². The number of amidine groups is 1. The molecule has 0 aromatic heterocycles. The Balaban J connectivity index is 1.88. The highest BCUT2D eigenvalue weighted by atomic mass is 15.3. The number of fused-ring (bicyclic) bond motifs is 3. The summed E-state index contributed by atoms with van der Waals surface area (Å²) in [5.41, 5.74) is 13.7. The lowest BCUT2D eigenvalue weighted by atomic mass is 10.1. The van der Waals surface area contributed by atoms with Crippen LogP contribution >= 0.6 is 0 Å². The quantitative estimate of drug-likeness (QED) is 0.389. The Hall–Kier alpha value is -3.13. The molecular formula is C16H13N5. The van der Waals surface area contributed by atoms with Crippen LogP contribution in [0.3, 0.4) is 0 Å². The average Bonchev–Trinajstić information content (AvgIpc) is 2.85. The maximum Gasteiger partial charge on any atom is 0.201 e. The molecule has 0 bridgehead atoms. The van der Waals surface area contributed by atoms with Gasteiger partial charge in [0.1, 0.15) is 6.07 Å². The van der Waals surface area contributed by atoms with Crippen LogP contribution in [0, 0.1) is 16.7 Å². The minimum atomic E-state index is -0.349. The van der Waals surface area contributed by atoms with E-state index in [0.29, 0.717) is 0 Å². The lowest BCUT2D eigenvalue weighted by Gasteiger charge is -2.05. The van der Waals surface area contributed by atoms with Crippen LogP contribution in [0.4, 0.5) is 5.69 Å². The van der Waals surface area contributed by atoms with Crippen LogP contribution in [-0.4, -0.2) is 11.5 Å². The summed E-state index contributed by atoms with van der Waals surface area (Å²) in [5.74, 6) is -0.349. The first kappa shape index (κ1) is 12.9. The van der Waals surface area contributed by atoms with Gasteiger partial charge in [-0.2, -0.15) is 10.4 Å². The molecule has 0 unspecified atom stereocenters. The molecule has 2 aromatic rings. The molecule has 1 aliphatic rings. The zero-order chi connectivity index (χ0) is 14.8. The molecule has 0 atom stereocenters. The molecule has 2 aromatic carbocycles. The predicted molar refractivity (Wildman–Crippen MR) is 83.3 cm³/mol. The molecule has 4 N–H and O–H groups in total. The lowest BCUT2D eigenvalue weighted by molar-refractivity contribution is 1.25. The largest absolute Gasteiger partial charge is 0.382 e. The third-order valence-electron chi connectivity index (χ3n) is 3.45. The first-order valence-electron chi connectivity index (χ1n) is 6.48. The molecule has 0 aliphatic heterocycles. The van der Waals surface area contributed by atoms with Crippen molar-refractivity contribution in [3.63, 3.8) is 0 Å². The number of rotatable bonds is 3. The molecule has 5 nitrogen and oxygen atoms in total. The third-order valence-corrected chi connectivity index (χ3v) is 3.45. The van der Waals surface area contributed by atoms with Gasteiger partial charge in [0, 0.05) is 0 Å². The Morgan fingerprint density at radius 2 is 1.95 bits per heavy atom. The molecule has 0 fully saturated rings. The fourth-order valence-electron chi connectivity index (χ4n) is 2.48. The van der Waals surface area contributed by atoms with Gasteiger partial charge in [-0.1, -0.05) is 30.3 Å². The summed E-state index contributed by atoms with van der Waals surface area (Å²) in [7, 11) is 0. The Kier molecular flexibility index (Phi) is 3.13. The average molecular weight is 275 g/mol. The van der Waals surface area contributed by atoms with Crippen molar-refractivity contribution < 1.29 is 0 Å².